The lowest BCUT2D eigenvalue weighted by molar-refractivity contribution is 0.0551. The fourth-order valence-electron chi connectivity index (χ4n) is 2.95. The first-order chi connectivity index (χ1) is 11.8. The van der Waals surface area contributed by atoms with Crippen molar-refractivity contribution in [3.05, 3.63) is 48.0 Å². The molecular weight excluding hydrogens is 314 g/mol. The Balaban J connectivity index is 2.19. The van der Waals surface area contributed by atoms with Crippen LogP contribution in [0.2, 0.25) is 0 Å². The van der Waals surface area contributed by atoms with Crippen molar-refractivity contribution in [2.24, 2.45) is 5.73 Å². The van der Waals surface area contributed by atoms with Gasteiger partial charge in [-0.1, -0.05) is 24.3 Å². The fourth-order valence-corrected chi connectivity index (χ4v) is 2.95. The molecule has 0 radical (unpaired) electrons. The van der Waals surface area contributed by atoms with Gasteiger partial charge in [-0.3, -0.25) is 0 Å². The maximum absolute atomic E-state index is 12.7. The van der Waals surface area contributed by atoms with Crippen LogP contribution >= 0.6 is 0 Å². The maximum atomic E-state index is 12.7. The standard InChI is InChI=1S/C20H21N3O2/c1-20(2,3)25-19(24)23-17-7-5-4-6-15(17)16-11-13(8-9-18(16)23)10-14(22)12-21/h4-9,11,14H,10,22H2,1-3H3. The van der Waals surface area contributed by atoms with Gasteiger partial charge in [-0.05, 0) is 44.5 Å². The average Bonchev–Trinajstić information content (AvgIpc) is 2.87. The molecule has 2 N–H and O–H groups in total. The number of carbonyl (C=O) groups excluding carboxylic acids is 1. The van der Waals surface area contributed by atoms with Gasteiger partial charge >= 0.3 is 6.09 Å². The highest BCUT2D eigenvalue weighted by molar-refractivity contribution is 6.12. The third-order valence-electron chi connectivity index (χ3n) is 3.93. The molecular formula is C20H21N3O2. The molecule has 128 valence electrons. The molecule has 5 nitrogen and oxygen atoms in total. The molecule has 3 rings (SSSR count). The molecule has 0 aliphatic rings. The molecule has 0 saturated carbocycles. The van der Waals surface area contributed by atoms with E-state index in [1.807, 2.05) is 69.3 Å². The lowest BCUT2D eigenvalue weighted by atomic mass is 10.0. The van der Waals surface area contributed by atoms with Gasteiger partial charge in [0.1, 0.15) is 5.60 Å². The van der Waals surface area contributed by atoms with Crippen LogP contribution in [-0.2, 0) is 11.2 Å². The Labute approximate surface area is 146 Å². The molecule has 0 saturated heterocycles. The summed E-state index contributed by atoms with van der Waals surface area (Å²) in [6, 6.07) is 15.0. The van der Waals surface area contributed by atoms with Crippen LogP contribution in [0, 0.1) is 11.3 Å². The number of nitrogens with zero attached hydrogens (tertiary/aromatic N) is 2. The van der Waals surface area contributed by atoms with Crippen LogP contribution in [0.25, 0.3) is 21.8 Å². The van der Waals surface area contributed by atoms with Crippen molar-refractivity contribution in [2.45, 2.75) is 38.8 Å². The van der Waals surface area contributed by atoms with Crippen LogP contribution in [0.4, 0.5) is 4.79 Å². The van der Waals surface area contributed by atoms with E-state index in [9.17, 15) is 4.79 Å². The van der Waals surface area contributed by atoms with E-state index >= 15 is 0 Å². The average molecular weight is 335 g/mol. The number of para-hydroxylation sites is 1. The Bertz CT molecular complexity index is 990. The minimum Gasteiger partial charge on any atom is -0.443 e. The second-order valence-electron chi connectivity index (χ2n) is 7.12. The lowest BCUT2D eigenvalue weighted by Crippen LogP contribution is -2.27. The van der Waals surface area contributed by atoms with Gasteiger partial charge in [0.05, 0.1) is 23.1 Å². The van der Waals surface area contributed by atoms with Crippen molar-refractivity contribution < 1.29 is 9.53 Å². The number of fused-ring (bicyclic) bond motifs is 3. The third kappa shape index (κ3) is 3.35. The van der Waals surface area contributed by atoms with E-state index in [1.165, 1.54) is 0 Å². The van der Waals surface area contributed by atoms with Crippen LogP contribution in [0.3, 0.4) is 0 Å². The molecule has 0 spiro atoms. The first kappa shape index (κ1) is 17.0. The normalized spacial score (nSPS) is 12.9. The zero-order valence-corrected chi connectivity index (χ0v) is 14.6. The molecule has 1 aromatic heterocycles. The van der Waals surface area contributed by atoms with E-state index < -0.39 is 17.7 Å². The van der Waals surface area contributed by atoms with Gasteiger partial charge in [0.2, 0.25) is 0 Å². The Morgan fingerprint density at radius 2 is 1.88 bits per heavy atom. The van der Waals surface area contributed by atoms with Crippen LogP contribution < -0.4 is 5.73 Å². The van der Waals surface area contributed by atoms with Gasteiger partial charge in [0.25, 0.3) is 0 Å². The summed E-state index contributed by atoms with van der Waals surface area (Å²) in [5.74, 6) is 0. The topological polar surface area (TPSA) is 81.0 Å². The highest BCUT2D eigenvalue weighted by Crippen LogP contribution is 2.30. The van der Waals surface area contributed by atoms with E-state index in [0.717, 1.165) is 27.4 Å². The summed E-state index contributed by atoms with van der Waals surface area (Å²) in [6.45, 7) is 5.54. The van der Waals surface area contributed by atoms with Crippen LogP contribution in [-0.4, -0.2) is 22.3 Å². The number of rotatable bonds is 2. The van der Waals surface area contributed by atoms with E-state index in [-0.39, 0.29) is 0 Å². The predicted octanol–water partition coefficient (Wildman–Crippen LogP) is 3.97. The number of carbonyl (C=O) groups is 1. The van der Waals surface area contributed by atoms with Gasteiger partial charge < -0.3 is 10.5 Å². The molecule has 1 unspecified atom stereocenters. The minimum atomic E-state index is -0.575. The summed E-state index contributed by atoms with van der Waals surface area (Å²) in [4.78, 5) is 12.7. The zero-order chi connectivity index (χ0) is 18.2. The van der Waals surface area contributed by atoms with Crippen molar-refractivity contribution >= 4 is 27.9 Å². The summed E-state index contributed by atoms with van der Waals surface area (Å²) in [5, 5.41) is 10.8. The second kappa shape index (κ2) is 6.23. The first-order valence-corrected chi connectivity index (χ1v) is 8.21. The lowest BCUT2D eigenvalue weighted by Gasteiger charge is -2.20. The van der Waals surface area contributed by atoms with E-state index in [1.54, 1.807) is 4.57 Å². The number of aromatic nitrogens is 1. The molecule has 5 heteroatoms. The molecule has 0 aliphatic carbocycles. The van der Waals surface area contributed by atoms with Gasteiger partial charge in [0, 0.05) is 17.2 Å². The predicted molar refractivity (Wildman–Crippen MR) is 98.4 cm³/mol. The zero-order valence-electron chi connectivity index (χ0n) is 14.6. The Hall–Kier alpha value is -2.84. The minimum absolute atomic E-state index is 0.403. The molecule has 1 heterocycles. The number of benzene rings is 2. The summed E-state index contributed by atoms with van der Waals surface area (Å²) < 4.78 is 7.17. The highest BCUT2D eigenvalue weighted by atomic mass is 16.6. The van der Waals surface area contributed by atoms with Crippen LogP contribution in [0.15, 0.2) is 42.5 Å². The molecule has 1 atom stereocenters. The quantitative estimate of drug-likeness (QED) is 0.768. The van der Waals surface area contributed by atoms with Gasteiger partial charge in [-0.25, -0.2) is 9.36 Å². The monoisotopic (exact) mass is 335 g/mol. The Kier molecular flexibility index (Phi) is 4.23. The summed E-state index contributed by atoms with van der Waals surface area (Å²) in [6.07, 6.45) is 0.0680. The molecule has 0 amide bonds. The summed E-state index contributed by atoms with van der Waals surface area (Å²) >= 11 is 0. The molecule has 0 aliphatic heterocycles. The smallest absolute Gasteiger partial charge is 0.419 e. The van der Waals surface area contributed by atoms with Gasteiger partial charge in [-0.2, -0.15) is 5.26 Å². The highest BCUT2D eigenvalue weighted by Gasteiger charge is 2.22. The third-order valence-corrected chi connectivity index (χ3v) is 3.93. The molecule has 2 aromatic carbocycles. The van der Waals surface area contributed by atoms with Crippen molar-refractivity contribution in [3.63, 3.8) is 0 Å². The van der Waals surface area contributed by atoms with Gasteiger partial charge in [0.15, 0.2) is 0 Å². The molecule has 3 aromatic rings. The van der Waals surface area contributed by atoms with Gasteiger partial charge in [-0.15, -0.1) is 0 Å². The van der Waals surface area contributed by atoms with Crippen LogP contribution in [0.5, 0.6) is 0 Å². The fraction of sp³-hybridized carbons (Fsp3) is 0.300. The Morgan fingerprint density at radius 3 is 2.56 bits per heavy atom. The van der Waals surface area contributed by atoms with Crippen molar-refractivity contribution in [3.8, 4) is 6.07 Å². The number of nitriles is 1. The molecule has 0 bridgehead atoms. The summed E-state index contributed by atoms with van der Waals surface area (Å²) in [7, 11) is 0. The molecule has 0 fully saturated rings. The first-order valence-electron chi connectivity index (χ1n) is 8.21. The second-order valence-corrected chi connectivity index (χ2v) is 7.12. The Morgan fingerprint density at radius 1 is 1.20 bits per heavy atom. The number of nitrogens with two attached hydrogens (primary N) is 1. The maximum Gasteiger partial charge on any atom is 0.419 e. The number of hydrogen-bond donors (Lipinski definition) is 1. The van der Waals surface area contributed by atoms with E-state index in [4.69, 9.17) is 15.7 Å². The van der Waals surface area contributed by atoms with E-state index in [2.05, 4.69) is 0 Å². The SMILES string of the molecule is CC(C)(C)OC(=O)n1c2ccccc2c2cc(CC(N)C#N)ccc21. The van der Waals surface area contributed by atoms with Crippen molar-refractivity contribution in [2.75, 3.05) is 0 Å². The van der Waals surface area contributed by atoms with Crippen LogP contribution in [0.1, 0.15) is 26.3 Å². The molecule has 25 heavy (non-hydrogen) atoms. The van der Waals surface area contributed by atoms with E-state index in [0.29, 0.717) is 6.42 Å². The summed E-state index contributed by atoms with van der Waals surface area (Å²) in [5.41, 5.74) is 7.72. The van der Waals surface area contributed by atoms with Crippen molar-refractivity contribution in [1.29, 1.82) is 5.26 Å². The number of ether oxygens (including phenoxy) is 1. The largest absolute Gasteiger partial charge is 0.443 e. The number of hydrogen-bond acceptors (Lipinski definition) is 4. The van der Waals surface area contributed by atoms with Crippen molar-refractivity contribution in [1.82, 2.24) is 4.57 Å².